The van der Waals surface area contributed by atoms with E-state index in [1.54, 1.807) is 0 Å². The number of aromatic nitrogens is 1. The number of rotatable bonds is 1. The third-order valence-corrected chi connectivity index (χ3v) is 4.76. The molecule has 3 aromatic carbocycles. The van der Waals surface area contributed by atoms with Crippen LogP contribution in [0.3, 0.4) is 0 Å². The summed E-state index contributed by atoms with van der Waals surface area (Å²) in [5.41, 5.74) is 5.18. The molecular weight excluding hydrogens is 266 g/mol. The fraction of sp³-hybridized carbons (Fsp3) is 0.0952. The number of aryl methyl sites for hydroxylation is 2. The maximum atomic E-state index is 4.79. The topological polar surface area (TPSA) is 12.9 Å². The lowest BCUT2D eigenvalue weighted by atomic mass is 9.99. The lowest BCUT2D eigenvalue weighted by Gasteiger charge is -2.09. The van der Waals surface area contributed by atoms with Crippen molar-refractivity contribution in [3.05, 3.63) is 78.0 Å². The predicted molar refractivity (Wildman–Crippen MR) is 92.1 cm³/mol. The first-order chi connectivity index (χ1) is 10.9. The van der Waals surface area contributed by atoms with Gasteiger partial charge in [-0.15, -0.1) is 0 Å². The van der Waals surface area contributed by atoms with Crippen LogP contribution < -0.4 is 0 Å². The molecule has 0 spiro atoms. The molecular formula is C21H15N. The molecule has 0 saturated carbocycles. The van der Waals surface area contributed by atoms with E-state index in [9.17, 15) is 0 Å². The van der Waals surface area contributed by atoms with Gasteiger partial charge in [0.1, 0.15) is 0 Å². The number of fused-ring (bicyclic) bond motifs is 1. The average Bonchev–Trinajstić information content (AvgIpc) is 3.00. The average molecular weight is 281 g/mol. The second kappa shape index (κ2) is 4.41. The summed E-state index contributed by atoms with van der Waals surface area (Å²) >= 11 is 0. The summed E-state index contributed by atoms with van der Waals surface area (Å²) < 4.78 is 0. The van der Waals surface area contributed by atoms with Crippen molar-refractivity contribution < 1.29 is 0 Å². The van der Waals surface area contributed by atoms with Crippen molar-refractivity contribution in [1.82, 2.24) is 4.98 Å². The highest BCUT2D eigenvalue weighted by Gasteiger charge is 2.17. The van der Waals surface area contributed by atoms with Gasteiger partial charge in [-0.2, -0.15) is 0 Å². The van der Waals surface area contributed by atoms with Gasteiger partial charge in [0.25, 0.3) is 0 Å². The monoisotopic (exact) mass is 281 g/mol. The Hall–Kier alpha value is -2.67. The van der Waals surface area contributed by atoms with Crippen molar-refractivity contribution in [2.75, 3.05) is 0 Å². The van der Waals surface area contributed by atoms with Crippen LogP contribution in [0.2, 0.25) is 0 Å². The number of benzene rings is 3. The van der Waals surface area contributed by atoms with Crippen LogP contribution in [0.4, 0.5) is 0 Å². The summed E-state index contributed by atoms with van der Waals surface area (Å²) in [4.78, 5) is 4.79. The molecule has 5 rings (SSSR count). The van der Waals surface area contributed by atoms with Gasteiger partial charge in [0.2, 0.25) is 0 Å². The van der Waals surface area contributed by atoms with Crippen molar-refractivity contribution in [2.45, 2.75) is 12.8 Å². The first-order valence-electron chi connectivity index (χ1n) is 7.79. The molecule has 0 N–H and O–H groups in total. The molecule has 104 valence electrons. The summed E-state index contributed by atoms with van der Waals surface area (Å²) in [7, 11) is 0. The Morgan fingerprint density at radius 1 is 0.727 bits per heavy atom. The zero-order chi connectivity index (χ0) is 14.5. The van der Waals surface area contributed by atoms with Crippen molar-refractivity contribution in [3.63, 3.8) is 0 Å². The van der Waals surface area contributed by atoms with Crippen molar-refractivity contribution in [2.24, 2.45) is 0 Å². The highest BCUT2D eigenvalue weighted by molar-refractivity contribution is 6.00. The van der Waals surface area contributed by atoms with Gasteiger partial charge in [0.15, 0.2) is 0 Å². The summed E-state index contributed by atoms with van der Waals surface area (Å²) in [6, 6.07) is 21.8. The first kappa shape index (κ1) is 11.9. The van der Waals surface area contributed by atoms with Crippen molar-refractivity contribution in [1.29, 1.82) is 0 Å². The second-order valence-electron chi connectivity index (χ2n) is 6.03. The maximum Gasteiger partial charge on any atom is 0.0780 e. The molecule has 4 aromatic rings. The van der Waals surface area contributed by atoms with Gasteiger partial charge in [-0.3, -0.25) is 4.98 Å². The molecule has 0 radical (unpaired) electrons. The fourth-order valence-electron chi connectivity index (χ4n) is 3.69. The minimum absolute atomic E-state index is 1.10. The van der Waals surface area contributed by atoms with E-state index in [2.05, 4.69) is 66.9 Å². The van der Waals surface area contributed by atoms with Gasteiger partial charge >= 0.3 is 0 Å². The molecule has 0 unspecified atom stereocenters. The molecule has 0 fully saturated rings. The van der Waals surface area contributed by atoms with Gasteiger partial charge in [0.05, 0.1) is 5.69 Å². The Balaban J connectivity index is 1.83. The van der Waals surface area contributed by atoms with E-state index in [4.69, 9.17) is 4.98 Å². The van der Waals surface area contributed by atoms with Crippen molar-refractivity contribution >= 4 is 21.5 Å². The van der Waals surface area contributed by atoms with E-state index in [-0.39, 0.29) is 0 Å². The maximum absolute atomic E-state index is 4.79. The van der Waals surface area contributed by atoms with E-state index in [1.165, 1.54) is 38.2 Å². The van der Waals surface area contributed by atoms with Crippen LogP contribution in [0.5, 0.6) is 0 Å². The minimum atomic E-state index is 1.10. The Kier molecular flexibility index (Phi) is 2.39. The van der Waals surface area contributed by atoms with Gasteiger partial charge in [-0.1, -0.05) is 54.6 Å². The zero-order valence-electron chi connectivity index (χ0n) is 12.2. The number of hydrogen-bond acceptors (Lipinski definition) is 1. The highest BCUT2D eigenvalue weighted by Crippen LogP contribution is 2.36. The van der Waals surface area contributed by atoms with Crippen LogP contribution in [-0.4, -0.2) is 4.98 Å². The molecule has 0 saturated heterocycles. The third kappa shape index (κ3) is 1.62. The zero-order valence-corrected chi connectivity index (χ0v) is 12.2. The highest BCUT2D eigenvalue weighted by atomic mass is 14.7. The summed E-state index contributed by atoms with van der Waals surface area (Å²) in [6.07, 6.45) is 4.35. The largest absolute Gasteiger partial charge is 0.255 e. The number of hydrogen-bond donors (Lipinski definition) is 0. The molecule has 0 atom stereocenters. The molecule has 1 nitrogen and oxygen atoms in total. The summed E-state index contributed by atoms with van der Waals surface area (Å²) in [6.45, 7) is 0. The Morgan fingerprint density at radius 2 is 1.59 bits per heavy atom. The molecule has 0 bridgehead atoms. The molecule has 1 aliphatic rings. The Bertz CT molecular complexity index is 1020. The van der Waals surface area contributed by atoms with E-state index in [1.807, 2.05) is 0 Å². The quantitative estimate of drug-likeness (QED) is 0.470. The second-order valence-corrected chi connectivity index (χ2v) is 6.03. The van der Waals surface area contributed by atoms with Crippen molar-refractivity contribution in [3.8, 4) is 11.3 Å². The smallest absolute Gasteiger partial charge is 0.0780 e. The van der Waals surface area contributed by atoms with E-state index in [0.29, 0.717) is 0 Å². The van der Waals surface area contributed by atoms with Crippen LogP contribution in [0.1, 0.15) is 11.1 Å². The van der Waals surface area contributed by atoms with Gasteiger partial charge < -0.3 is 0 Å². The SMILES string of the molecule is c1ccc2cc(-c3ncc4c5c(cccc35)CC4)ccc2c1. The minimum Gasteiger partial charge on any atom is -0.255 e. The molecule has 22 heavy (non-hydrogen) atoms. The van der Waals surface area contributed by atoms with Crippen LogP contribution in [0, 0.1) is 0 Å². The van der Waals surface area contributed by atoms with E-state index in [0.717, 1.165) is 18.5 Å². The molecule has 1 aliphatic carbocycles. The molecule has 0 aliphatic heterocycles. The van der Waals surface area contributed by atoms with Gasteiger partial charge in [-0.05, 0) is 46.2 Å². The van der Waals surface area contributed by atoms with Crippen LogP contribution in [0.15, 0.2) is 66.9 Å². The van der Waals surface area contributed by atoms with Crippen LogP contribution in [0.25, 0.3) is 32.8 Å². The molecule has 1 aromatic heterocycles. The van der Waals surface area contributed by atoms with Crippen LogP contribution in [-0.2, 0) is 12.8 Å². The van der Waals surface area contributed by atoms with Gasteiger partial charge in [0, 0.05) is 17.1 Å². The summed E-state index contributed by atoms with van der Waals surface area (Å²) in [5.74, 6) is 0. The standard InChI is InChI=1S/C21H15N/c1-2-5-16-12-17(10-8-14(16)4-1)21-19-7-3-6-15-9-11-18(13-22-21)20(15)19/h1-8,10,12-13H,9,11H2. The predicted octanol–water partition coefficient (Wildman–Crippen LogP) is 5.15. The molecule has 0 amide bonds. The third-order valence-electron chi connectivity index (χ3n) is 4.76. The lowest BCUT2D eigenvalue weighted by Crippen LogP contribution is -1.89. The molecule has 1 heteroatoms. The fourth-order valence-corrected chi connectivity index (χ4v) is 3.69. The summed E-state index contributed by atoms with van der Waals surface area (Å²) in [5, 5.41) is 5.27. The Labute approximate surface area is 129 Å². The first-order valence-corrected chi connectivity index (χ1v) is 7.79. The van der Waals surface area contributed by atoms with Gasteiger partial charge in [-0.25, -0.2) is 0 Å². The number of pyridine rings is 1. The van der Waals surface area contributed by atoms with E-state index < -0.39 is 0 Å². The number of nitrogens with zero attached hydrogens (tertiary/aromatic N) is 1. The van der Waals surface area contributed by atoms with E-state index >= 15 is 0 Å². The lowest BCUT2D eigenvalue weighted by molar-refractivity contribution is 1.02. The molecule has 1 heterocycles. The Morgan fingerprint density at radius 3 is 2.55 bits per heavy atom. The van der Waals surface area contributed by atoms with Crippen LogP contribution >= 0.6 is 0 Å². The normalized spacial score (nSPS) is 13.1.